The van der Waals surface area contributed by atoms with Crippen molar-refractivity contribution in [2.75, 3.05) is 13.2 Å². The Kier molecular flexibility index (Phi) is 5.42. The highest BCUT2D eigenvalue weighted by molar-refractivity contribution is 5.98. The Hall–Kier alpha value is -2.74. The number of hydrogen-bond donors (Lipinski definition) is 0. The van der Waals surface area contributed by atoms with Crippen LogP contribution in [0.25, 0.3) is 6.08 Å². The zero-order valence-electron chi connectivity index (χ0n) is 13.3. The maximum absolute atomic E-state index is 11.9. The molecule has 1 aliphatic rings. The van der Waals surface area contributed by atoms with Gasteiger partial charge in [-0.05, 0) is 32.1 Å². The summed E-state index contributed by atoms with van der Waals surface area (Å²) in [6.45, 7) is 7.88. The molecule has 5 nitrogen and oxygen atoms in total. The zero-order valence-corrected chi connectivity index (χ0v) is 13.3. The van der Waals surface area contributed by atoms with Gasteiger partial charge in [-0.1, -0.05) is 12.7 Å². The Morgan fingerprint density at radius 3 is 3.00 bits per heavy atom. The summed E-state index contributed by atoms with van der Waals surface area (Å²) in [6, 6.07) is 5.56. The van der Waals surface area contributed by atoms with E-state index in [0.29, 0.717) is 17.9 Å². The Balaban J connectivity index is 2.38. The van der Waals surface area contributed by atoms with E-state index in [1.165, 1.54) is 12.2 Å². The molecule has 0 N–H and O–H groups in total. The van der Waals surface area contributed by atoms with Crippen LogP contribution in [-0.2, 0) is 16.0 Å². The topological polar surface area (TPSA) is 68.6 Å². The Morgan fingerprint density at radius 2 is 2.35 bits per heavy atom. The van der Waals surface area contributed by atoms with Crippen LogP contribution in [-0.4, -0.2) is 25.3 Å². The van der Waals surface area contributed by atoms with Gasteiger partial charge >= 0.3 is 5.97 Å². The second-order valence-corrected chi connectivity index (χ2v) is 5.12. The molecule has 0 radical (unpaired) electrons. The van der Waals surface area contributed by atoms with Gasteiger partial charge in [-0.2, -0.15) is 5.26 Å². The number of carbonyl (C=O) groups is 1. The third-order valence-electron chi connectivity index (χ3n) is 3.30. The monoisotopic (exact) mass is 313 g/mol. The van der Waals surface area contributed by atoms with Crippen LogP contribution in [0.2, 0.25) is 0 Å². The Bertz CT molecular complexity index is 685. The van der Waals surface area contributed by atoms with E-state index in [-0.39, 0.29) is 18.3 Å². The lowest BCUT2D eigenvalue weighted by Crippen LogP contribution is -2.07. The van der Waals surface area contributed by atoms with Crippen LogP contribution in [0.5, 0.6) is 11.5 Å². The second-order valence-electron chi connectivity index (χ2n) is 5.12. The van der Waals surface area contributed by atoms with Gasteiger partial charge in [0.2, 0.25) is 0 Å². The number of hydrogen-bond acceptors (Lipinski definition) is 5. The molecule has 0 unspecified atom stereocenters. The number of nitrogens with zero attached hydrogens (tertiary/aromatic N) is 1. The van der Waals surface area contributed by atoms with E-state index < -0.39 is 5.97 Å². The fraction of sp³-hybridized carbons (Fsp3) is 0.333. The molecule has 0 saturated heterocycles. The lowest BCUT2D eigenvalue weighted by molar-refractivity contribution is -0.137. The number of ether oxygens (including phenoxy) is 3. The van der Waals surface area contributed by atoms with E-state index in [0.717, 1.165) is 17.7 Å². The number of benzene rings is 1. The van der Waals surface area contributed by atoms with Crippen LogP contribution in [0.3, 0.4) is 0 Å². The van der Waals surface area contributed by atoms with E-state index in [1.54, 1.807) is 6.07 Å². The first-order valence-corrected chi connectivity index (χ1v) is 7.45. The molecule has 1 aliphatic heterocycles. The number of rotatable bonds is 6. The van der Waals surface area contributed by atoms with Crippen LogP contribution in [0.15, 0.2) is 30.4 Å². The Labute approximate surface area is 135 Å². The normalized spacial score (nSPS) is 16.0. The summed E-state index contributed by atoms with van der Waals surface area (Å²) in [6.07, 6.45) is 3.82. The third kappa shape index (κ3) is 3.92. The van der Waals surface area contributed by atoms with E-state index >= 15 is 0 Å². The molecule has 0 saturated carbocycles. The first kappa shape index (κ1) is 16.6. The van der Waals surface area contributed by atoms with Crippen LogP contribution in [0, 0.1) is 11.3 Å². The van der Waals surface area contributed by atoms with Crippen molar-refractivity contribution in [2.45, 2.75) is 26.4 Å². The van der Waals surface area contributed by atoms with Crippen molar-refractivity contribution in [3.63, 3.8) is 0 Å². The molecule has 0 spiro atoms. The van der Waals surface area contributed by atoms with Gasteiger partial charge in [-0.3, -0.25) is 0 Å². The summed E-state index contributed by atoms with van der Waals surface area (Å²) < 4.78 is 16.3. The van der Waals surface area contributed by atoms with Crippen molar-refractivity contribution in [1.82, 2.24) is 0 Å². The van der Waals surface area contributed by atoms with Crippen molar-refractivity contribution >= 4 is 12.0 Å². The standard InChI is InChI=1S/C18H19NO4/c1-4-6-22-18(20)15(11-19)8-14-10-17-13(7-12(3)23-17)9-16(14)21-5-2/h4,8-10,12H,1,5-7H2,2-3H3/b15-8+/t12-/m0/s1. The summed E-state index contributed by atoms with van der Waals surface area (Å²) >= 11 is 0. The van der Waals surface area contributed by atoms with Crippen LogP contribution >= 0.6 is 0 Å². The van der Waals surface area contributed by atoms with Crippen molar-refractivity contribution in [3.05, 3.63) is 41.5 Å². The molecule has 0 amide bonds. The van der Waals surface area contributed by atoms with Gasteiger partial charge in [0.05, 0.1) is 6.61 Å². The summed E-state index contributed by atoms with van der Waals surface area (Å²) in [5.41, 5.74) is 1.58. The van der Waals surface area contributed by atoms with Gasteiger partial charge in [-0.15, -0.1) is 0 Å². The zero-order chi connectivity index (χ0) is 16.8. The molecule has 0 aliphatic carbocycles. The average Bonchev–Trinajstić information content (AvgIpc) is 2.89. The smallest absolute Gasteiger partial charge is 0.349 e. The van der Waals surface area contributed by atoms with Crippen molar-refractivity contribution in [3.8, 4) is 17.6 Å². The molecule has 23 heavy (non-hydrogen) atoms. The lowest BCUT2D eigenvalue weighted by atomic mass is 10.0. The van der Waals surface area contributed by atoms with E-state index in [2.05, 4.69) is 6.58 Å². The highest BCUT2D eigenvalue weighted by atomic mass is 16.5. The largest absolute Gasteiger partial charge is 0.493 e. The molecule has 1 heterocycles. The molecule has 1 aromatic carbocycles. The minimum Gasteiger partial charge on any atom is -0.493 e. The number of nitriles is 1. The summed E-state index contributed by atoms with van der Waals surface area (Å²) in [5, 5.41) is 9.20. The fourth-order valence-corrected chi connectivity index (χ4v) is 2.35. The molecule has 2 rings (SSSR count). The minimum atomic E-state index is -0.690. The van der Waals surface area contributed by atoms with Gasteiger partial charge in [0, 0.05) is 17.5 Å². The quantitative estimate of drug-likeness (QED) is 0.349. The highest BCUT2D eigenvalue weighted by Crippen LogP contribution is 2.36. The first-order valence-electron chi connectivity index (χ1n) is 7.45. The first-order chi connectivity index (χ1) is 11.1. The molecule has 5 heteroatoms. The van der Waals surface area contributed by atoms with Crippen LogP contribution in [0.1, 0.15) is 25.0 Å². The van der Waals surface area contributed by atoms with Gasteiger partial charge in [0.1, 0.15) is 35.9 Å². The van der Waals surface area contributed by atoms with Gasteiger partial charge in [0.25, 0.3) is 0 Å². The molecule has 1 atom stereocenters. The van der Waals surface area contributed by atoms with Gasteiger partial charge in [-0.25, -0.2) is 4.79 Å². The number of esters is 1. The Morgan fingerprint density at radius 1 is 1.57 bits per heavy atom. The minimum absolute atomic E-state index is 0.0565. The molecule has 0 bridgehead atoms. The van der Waals surface area contributed by atoms with E-state index in [9.17, 15) is 10.1 Å². The molecule has 0 aromatic heterocycles. The molecule has 120 valence electrons. The summed E-state index contributed by atoms with van der Waals surface area (Å²) in [7, 11) is 0. The molecule has 0 fully saturated rings. The van der Waals surface area contributed by atoms with Crippen LogP contribution in [0.4, 0.5) is 0 Å². The maximum Gasteiger partial charge on any atom is 0.349 e. The van der Waals surface area contributed by atoms with Crippen molar-refractivity contribution < 1.29 is 19.0 Å². The van der Waals surface area contributed by atoms with E-state index in [4.69, 9.17) is 14.2 Å². The van der Waals surface area contributed by atoms with Gasteiger partial charge in [0.15, 0.2) is 0 Å². The number of carbonyl (C=O) groups excluding carboxylic acids is 1. The maximum atomic E-state index is 11.9. The van der Waals surface area contributed by atoms with E-state index in [1.807, 2.05) is 26.0 Å². The predicted octanol–water partition coefficient (Wildman–Crippen LogP) is 3.04. The number of fused-ring (bicyclic) bond motifs is 1. The highest BCUT2D eigenvalue weighted by Gasteiger charge is 2.22. The molecule has 1 aromatic rings. The van der Waals surface area contributed by atoms with Crippen molar-refractivity contribution in [1.29, 1.82) is 5.26 Å². The predicted molar refractivity (Wildman–Crippen MR) is 86.2 cm³/mol. The molecular weight excluding hydrogens is 294 g/mol. The van der Waals surface area contributed by atoms with Gasteiger partial charge < -0.3 is 14.2 Å². The van der Waals surface area contributed by atoms with Crippen molar-refractivity contribution in [2.24, 2.45) is 0 Å². The summed E-state index contributed by atoms with van der Waals surface area (Å²) in [5.74, 6) is 0.682. The summed E-state index contributed by atoms with van der Waals surface area (Å²) in [4.78, 5) is 11.9. The SMILES string of the molecule is C=CCOC(=O)/C(C#N)=C/c1cc2c(cc1OCC)C[C@H](C)O2. The molecular formula is C18H19NO4. The van der Waals surface area contributed by atoms with Crippen LogP contribution < -0.4 is 9.47 Å². The third-order valence-corrected chi connectivity index (χ3v) is 3.30. The fourth-order valence-electron chi connectivity index (χ4n) is 2.35. The average molecular weight is 313 g/mol. The lowest BCUT2D eigenvalue weighted by Gasteiger charge is -2.10. The second kappa shape index (κ2) is 7.50.